The van der Waals surface area contributed by atoms with E-state index in [1.807, 2.05) is 0 Å². The van der Waals surface area contributed by atoms with Crippen LogP contribution in [-0.2, 0) is 15.7 Å². The Balaban J connectivity index is 1.75. The Kier molecular flexibility index (Phi) is 3.80. The lowest BCUT2D eigenvalue weighted by molar-refractivity contribution is 0.468. The molecular weight excluding hydrogens is 338 g/mol. The number of hydrogen-bond acceptors (Lipinski definition) is 5. The van der Waals surface area contributed by atoms with Crippen LogP contribution >= 0.6 is 0 Å². The summed E-state index contributed by atoms with van der Waals surface area (Å²) < 4.78 is 31.4. The Morgan fingerprint density at radius 3 is 2.36 bits per heavy atom. The number of rotatable bonds is 6. The van der Waals surface area contributed by atoms with Crippen molar-refractivity contribution in [1.29, 1.82) is 5.26 Å². The van der Waals surface area contributed by atoms with Crippen LogP contribution in [0.5, 0.6) is 11.5 Å². The van der Waals surface area contributed by atoms with Gasteiger partial charge in [-0.15, -0.1) is 0 Å². The lowest BCUT2D eigenvalue weighted by Gasteiger charge is -2.10. The van der Waals surface area contributed by atoms with E-state index in [0.717, 1.165) is 42.8 Å². The molecule has 0 spiro atoms. The van der Waals surface area contributed by atoms with Gasteiger partial charge in [-0.05, 0) is 49.9 Å². The molecule has 0 atom stereocenters. The Labute approximate surface area is 147 Å². The summed E-state index contributed by atoms with van der Waals surface area (Å²) in [4.78, 5) is 0. The van der Waals surface area contributed by atoms with Gasteiger partial charge in [0.15, 0.2) is 15.6 Å². The molecule has 1 heterocycles. The summed E-state index contributed by atoms with van der Waals surface area (Å²) >= 11 is 0. The molecule has 6 nitrogen and oxygen atoms in total. The van der Waals surface area contributed by atoms with E-state index in [1.54, 1.807) is 28.9 Å². The van der Waals surface area contributed by atoms with Gasteiger partial charge >= 0.3 is 0 Å². The van der Waals surface area contributed by atoms with Crippen LogP contribution in [0.1, 0.15) is 54.5 Å². The molecular formula is C18H19N3O3S. The van der Waals surface area contributed by atoms with E-state index < -0.39 is 9.84 Å². The van der Waals surface area contributed by atoms with Crippen LogP contribution in [0.15, 0.2) is 24.3 Å². The molecule has 0 unspecified atom stereocenters. The molecule has 2 aromatic rings. The van der Waals surface area contributed by atoms with E-state index in [-0.39, 0.29) is 5.88 Å². The topological polar surface area (TPSA) is 85.0 Å². The highest BCUT2D eigenvalue weighted by molar-refractivity contribution is 7.89. The second kappa shape index (κ2) is 5.88. The Bertz CT molecular complexity index is 947. The molecule has 2 saturated carbocycles. The zero-order valence-corrected chi connectivity index (χ0v) is 14.8. The molecule has 2 aliphatic rings. The van der Waals surface area contributed by atoms with Crippen molar-refractivity contribution >= 4 is 9.84 Å². The highest BCUT2D eigenvalue weighted by Crippen LogP contribution is 2.52. The highest BCUT2D eigenvalue weighted by atomic mass is 32.2. The van der Waals surface area contributed by atoms with Gasteiger partial charge in [0.05, 0.1) is 17.3 Å². The smallest absolute Gasteiger partial charge is 0.172 e. The van der Waals surface area contributed by atoms with Crippen molar-refractivity contribution in [3.05, 3.63) is 41.2 Å². The van der Waals surface area contributed by atoms with Crippen molar-refractivity contribution in [2.24, 2.45) is 0 Å². The molecule has 2 fully saturated rings. The number of nitrogens with zero attached hydrogens (tertiary/aromatic N) is 3. The first-order valence-electron chi connectivity index (χ1n) is 8.41. The summed E-state index contributed by atoms with van der Waals surface area (Å²) in [5, 5.41) is 13.5. The van der Waals surface area contributed by atoms with Gasteiger partial charge < -0.3 is 4.74 Å². The van der Waals surface area contributed by atoms with E-state index >= 15 is 0 Å². The summed E-state index contributed by atoms with van der Waals surface area (Å²) in [6.07, 6.45) is 5.41. The van der Waals surface area contributed by atoms with Crippen LogP contribution in [0.2, 0.25) is 0 Å². The zero-order valence-electron chi connectivity index (χ0n) is 14.0. The third kappa shape index (κ3) is 3.54. The average Bonchev–Trinajstić information content (AvgIpc) is 3.46. The van der Waals surface area contributed by atoms with Gasteiger partial charge in [0.2, 0.25) is 0 Å². The minimum absolute atomic E-state index is 0.116. The molecule has 25 heavy (non-hydrogen) atoms. The fourth-order valence-corrected chi connectivity index (χ4v) is 3.64. The second-order valence-corrected chi connectivity index (χ2v) is 9.05. The first-order valence-corrected chi connectivity index (χ1v) is 10.5. The number of sulfone groups is 1. The van der Waals surface area contributed by atoms with Crippen LogP contribution in [0, 0.1) is 11.3 Å². The van der Waals surface area contributed by atoms with E-state index in [2.05, 4.69) is 11.2 Å². The number of ether oxygens (including phenoxy) is 1. The number of aromatic nitrogens is 2. The minimum Gasteiger partial charge on any atom is -0.453 e. The van der Waals surface area contributed by atoms with Crippen LogP contribution in [0.3, 0.4) is 0 Å². The molecule has 0 bridgehead atoms. The quantitative estimate of drug-likeness (QED) is 0.792. The summed E-state index contributed by atoms with van der Waals surface area (Å²) in [5.41, 5.74) is 2.34. The van der Waals surface area contributed by atoms with Crippen molar-refractivity contribution in [2.75, 3.05) is 6.26 Å². The lowest BCUT2D eigenvalue weighted by Crippen LogP contribution is -2.13. The van der Waals surface area contributed by atoms with Crippen molar-refractivity contribution < 1.29 is 13.2 Å². The monoisotopic (exact) mass is 357 g/mol. The molecule has 4 rings (SSSR count). The maximum atomic E-state index is 11.8. The van der Waals surface area contributed by atoms with Gasteiger partial charge in [-0.3, -0.25) is 0 Å². The standard InChI is InChI=1S/C18H19N3O3S/c1-25(22,23)11-21-17(14-6-7-14)18(16(20-21)13-4-5-13)24-15-8-2-12(10-19)3-9-15/h2-3,8-9,13-14H,4-7,11H2,1H3. The molecule has 1 aromatic carbocycles. The van der Waals surface area contributed by atoms with Gasteiger partial charge in [-0.2, -0.15) is 10.4 Å². The van der Waals surface area contributed by atoms with Crippen molar-refractivity contribution in [1.82, 2.24) is 9.78 Å². The molecule has 0 aliphatic heterocycles. The van der Waals surface area contributed by atoms with Gasteiger partial charge in [-0.25, -0.2) is 13.1 Å². The van der Waals surface area contributed by atoms with Gasteiger partial charge in [0, 0.05) is 18.1 Å². The Hall–Kier alpha value is -2.33. The summed E-state index contributed by atoms with van der Waals surface area (Å²) in [6.45, 7) is 0. The molecule has 0 radical (unpaired) electrons. The molecule has 2 aliphatic carbocycles. The number of benzene rings is 1. The first-order chi connectivity index (χ1) is 11.9. The zero-order chi connectivity index (χ0) is 17.6. The van der Waals surface area contributed by atoms with Crippen molar-refractivity contribution in [3.63, 3.8) is 0 Å². The molecule has 0 saturated heterocycles. The predicted molar refractivity (Wildman–Crippen MR) is 92.3 cm³/mol. The van der Waals surface area contributed by atoms with Crippen LogP contribution < -0.4 is 4.74 Å². The van der Waals surface area contributed by atoms with Gasteiger partial charge in [0.1, 0.15) is 17.3 Å². The Morgan fingerprint density at radius 1 is 1.20 bits per heavy atom. The maximum absolute atomic E-state index is 11.8. The summed E-state index contributed by atoms with van der Waals surface area (Å²) in [7, 11) is -3.19. The minimum atomic E-state index is -3.19. The van der Waals surface area contributed by atoms with E-state index in [9.17, 15) is 8.42 Å². The normalized spacial score (nSPS) is 17.3. The predicted octanol–water partition coefficient (Wildman–Crippen LogP) is 3.30. The van der Waals surface area contributed by atoms with Gasteiger partial charge in [-0.1, -0.05) is 0 Å². The summed E-state index contributed by atoms with van der Waals surface area (Å²) in [5.74, 6) is 1.91. The SMILES string of the molecule is CS(=O)(=O)Cn1nc(C2CC2)c(Oc2ccc(C#N)cc2)c1C1CC1. The fourth-order valence-electron chi connectivity index (χ4n) is 2.99. The van der Waals surface area contributed by atoms with Crippen molar-refractivity contribution in [2.45, 2.75) is 43.4 Å². The Morgan fingerprint density at radius 2 is 1.84 bits per heavy atom. The van der Waals surface area contributed by atoms with E-state index in [1.165, 1.54) is 6.26 Å². The van der Waals surface area contributed by atoms with Crippen molar-refractivity contribution in [3.8, 4) is 17.6 Å². The highest BCUT2D eigenvalue weighted by Gasteiger charge is 2.39. The maximum Gasteiger partial charge on any atom is 0.172 e. The fraction of sp³-hybridized carbons (Fsp3) is 0.444. The molecule has 130 valence electrons. The van der Waals surface area contributed by atoms with Crippen LogP contribution in [-0.4, -0.2) is 24.5 Å². The third-order valence-electron chi connectivity index (χ3n) is 4.46. The van der Waals surface area contributed by atoms with E-state index in [0.29, 0.717) is 23.1 Å². The summed E-state index contributed by atoms with van der Waals surface area (Å²) in [6, 6.07) is 9.04. The number of nitriles is 1. The first kappa shape index (κ1) is 16.2. The van der Waals surface area contributed by atoms with Crippen LogP contribution in [0.25, 0.3) is 0 Å². The largest absolute Gasteiger partial charge is 0.453 e. The average molecular weight is 357 g/mol. The molecule has 1 aromatic heterocycles. The lowest BCUT2D eigenvalue weighted by atomic mass is 10.2. The number of hydrogen-bond donors (Lipinski definition) is 0. The van der Waals surface area contributed by atoms with E-state index in [4.69, 9.17) is 10.00 Å². The molecule has 7 heteroatoms. The molecule has 0 N–H and O–H groups in total. The van der Waals surface area contributed by atoms with Gasteiger partial charge in [0.25, 0.3) is 0 Å². The third-order valence-corrected chi connectivity index (χ3v) is 5.17. The van der Waals surface area contributed by atoms with Crippen LogP contribution in [0.4, 0.5) is 0 Å². The molecule has 0 amide bonds. The second-order valence-electron chi connectivity index (χ2n) is 6.94.